The van der Waals surface area contributed by atoms with Gasteiger partial charge in [-0.3, -0.25) is 4.90 Å². The molecule has 0 amide bonds. The molecule has 0 bridgehead atoms. The number of benzene rings is 2. The summed E-state index contributed by atoms with van der Waals surface area (Å²) in [5.41, 5.74) is 0.840. The van der Waals surface area contributed by atoms with Crippen molar-refractivity contribution in [3.63, 3.8) is 0 Å². The molecule has 1 aromatic heterocycles. The van der Waals surface area contributed by atoms with Gasteiger partial charge in [0.15, 0.2) is 6.23 Å². The predicted octanol–water partition coefficient (Wildman–Crippen LogP) is 8.30. The summed E-state index contributed by atoms with van der Waals surface area (Å²) < 4.78 is 60.9. The molecule has 3 heterocycles. The maximum atomic E-state index is 16.0. The number of alkyl halides is 1. The van der Waals surface area contributed by atoms with Crippen LogP contribution in [0.3, 0.4) is 0 Å². The van der Waals surface area contributed by atoms with Crippen molar-refractivity contribution in [3.05, 3.63) is 63.3 Å². The van der Waals surface area contributed by atoms with E-state index >= 15 is 13.2 Å². The normalized spacial score (nSPS) is 23.8. The lowest BCUT2D eigenvalue weighted by Gasteiger charge is -2.44. The second-order valence-electron chi connectivity index (χ2n) is 12.3. The van der Waals surface area contributed by atoms with E-state index in [2.05, 4.69) is 21.0 Å². The van der Waals surface area contributed by atoms with E-state index in [1.165, 1.54) is 31.1 Å². The number of nitrogens with zero attached hydrogens (tertiary/aromatic N) is 3. The van der Waals surface area contributed by atoms with Gasteiger partial charge in [0.25, 0.3) is 0 Å². The molecular weight excluding hydrogens is 603 g/mol. The minimum Gasteiger partial charge on any atom is -0.356 e. The van der Waals surface area contributed by atoms with Gasteiger partial charge in [0.2, 0.25) is 0 Å². The number of rotatable bonds is 7. The lowest BCUT2D eigenvalue weighted by Crippen LogP contribution is -2.50. The zero-order chi connectivity index (χ0) is 28.8. The molecule has 2 aromatic carbocycles. The molecule has 0 radical (unpaired) electrons. The van der Waals surface area contributed by atoms with E-state index in [-0.39, 0.29) is 35.7 Å². The maximum Gasteiger partial charge on any atom is 0.150 e. The minimum atomic E-state index is -1.75. The molecule has 5 rings (SSSR count). The van der Waals surface area contributed by atoms with Crippen LogP contribution in [0.2, 0.25) is 0 Å². The summed E-state index contributed by atoms with van der Waals surface area (Å²) in [7, 11) is 0. The number of aromatic nitrogens is 2. The SMILES string of the molecule is C[C@@H]1Cc2c(ccc3c2cnn3C2CCCCO2)[C@@H](c2c(F)cc(Br)cc2F)N1CC(C)(F)COSC(C)(C)C. The third kappa shape index (κ3) is 6.26. The van der Waals surface area contributed by atoms with Crippen molar-refractivity contribution in [2.75, 3.05) is 19.8 Å². The molecule has 2 aliphatic heterocycles. The molecule has 0 aliphatic carbocycles. The molecule has 0 spiro atoms. The van der Waals surface area contributed by atoms with Gasteiger partial charge >= 0.3 is 0 Å². The summed E-state index contributed by atoms with van der Waals surface area (Å²) in [5.74, 6) is -1.35. The monoisotopic (exact) mass is 639 g/mol. The van der Waals surface area contributed by atoms with E-state index in [0.29, 0.717) is 17.5 Å². The topological polar surface area (TPSA) is 39.5 Å². The van der Waals surface area contributed by atoms with Gasteiger partial charge in [-0.25, -0.2) is 17.9 Å². The lowest BCUT2D eigenvalue weighted by atomic mass is 9.82. The number of fused-ring (bicyclic) bond motifs is 3. The predicted molar refractivity (Wildman–Crippen MR) is 157 cm³/mol. The van der Waals surface area contributed by atoms with Crippen LogP contribution in [0.1, 0.15) is 82.8 Å². The Labute approximate surface area is 247 Å². The lowest BCUT2D eigenvalue weighted by molar-refractivity contribution is -0.0366. The molecule has 218 valence electrons. The summed E-state index contributed by atoms with van der Waals surface area (Å²) in [4.78, 5) is 1.88. The molecule has 4 atom stereocenters. The van der Waals surface area contributed by atoms with Crippen molar-refractivity contribution in [2.24, 2.45) is 0 Å². The molecule has 40 heavy (non-hydrogen) atoms. The van der Waals surface area contributed by atoms with Crippen molar-refractivity contribution in [1.82, 2.24) is 14.7 Å². The molecule has 1 fully saturated rings. The molecule has 5 nitrogen and oxygen atoms in total. The zero-order valence-corrected chi connectivity index (χ0v) is 26.0. The Bertz CT molecular complexity index is 1350. The fourth-order valence-corrected chi connectivity index (χ4v) is 6.87. The van der Waals surface area contributed by atoms with Gasteiger partial charge in [0, 0.05) is 39.4 Å². The first-order chi connectivity index (χ1) is 18.8. The van der Waals surface area contributed by atoms with Gasteiger partial charge in [-0.2, -0.15) is 5.10 Å². The quantitative estimate of drug-likeness (QED) is 0.243. The fraction of sp³-hybridized carbons (Fsp3) is 0.567. The third-order valence-corrected chi connectivity index (χ3v) is 8.74. The van der Waals surface area contributed by atoms with E-state index in [0.717, 1.165) is 41.3 Å². The average Bonchev–Trinajstić information content (AvgIpc) is 3.29. The first kappa shape index (κ1) is 29.9. The summed E-state index contributed by atoms with van der Waals surface area (Å²) in [5, 5.41) is 5.61. The molecule has 0 saturated carbocycles. The van der Waals surface area contributed by atoms with Gasteiger partial charge in [-0.15, -0.1) is 0 Å². The highest BCUT2D eigenvalue weighted by Gasteiger charge is 2.41. The summed E-state index contributed by atoms with van der Waals surface area (Å²) >= 11 is 4.43. The van der Waals surface area contributed by atoms with E-state index in [1.54, 1.807) is 0 Å². The van der Waals surface area contributed by atoms with Crippen LogP contribution in [0.4, 0.5) is 13.2 Å². The number of ether oxygens (including phenoxy) is 1. The molecule has 2 unspecified atom stereocenters. The average molecular weight is 641 g/mol. The van der Waals surface area contributed by atoms with Crippen molar-refractivity contribution in [2.45, 2.75) is 89.0 Å². The van der Waals surface area contributed by atoms with Gasteiger partial charge in [-0.05, 0) is 102 Å². The van der Waals surface area contributed by atoms with E-state index in [4.69, 9.17) is 8.92 Å². The van der Waals surface area contributed by atoms with E-state index in [1.807, 2.05) is 55.6 Å². The molecule has 3 aromatic rings. The number of halogens is 4. The van der Waals surface area contributed by atoms with Crippen molar-refractivity contribution in [1.29, 1.82) is 0 Å². The van der Waals surface area contributed by atoms with Gasteiger partial charge in [0.05, 0.1) is 24.4 Å². The highest BCUT2D eigenvalue weighted by atomic mass is 79.9. The van der Waals surface area contributed by atoms with Crippen LogP contribution in [-0.2, 0) is 15.3 Å². The first-order valence-electron chi connectivity index (χ1n) is 13.8. The van der Waals surface area contributed by atoms with Crippen molar-refractivity contribution < 1.29 is 22.1 Å². The molecular formula is C30H37BrF3N3O2S. The first-order valence-corrected chi connectivity index (χ1v) is 15.4. The molecule has 1 saturated heterocycles. The molecule has 10 heteroatoms. The van der Waals surface area contributed by atoms with Crippen LogP contribution < -0.4 is 0 Å². The Morgan fingerprint density at radius 1 is 1.15 bits per heavy atom. The Kier molecular flexibility index (Phi) is 8.66. The number of hydrogen-bond acceptors (Lipinski definition) is 5. The largest absolute Gasteiger partial charge is 0.356 e. The van der Waals surface area contributed by atoms with Crippen molar-refractivity contribution in [3.8, 4) is 0 Å². The van der Waals surface area contributed by atoms with Crippen LogP contribution in [-0.4, -0.2) is 50.9 Å². The Hall–Kier alpha value is -1.59. The second-order valence-corrected chi connectivity index (χ2v) is 14.8. The van der Waals surface area contributed by atoms with Crippen LogP contribution in [0.25, 0.3) is 10.9 Å². The van der Waals surface area contributed by atoms with E-state index < -0.39 is 23.3 Å². The van der Waals surface area contributed by atoms with Crippen LogP contribution in [0.5, 0.6) is 0 Å². The zero-order valence-electron chi connectivity index (χ0n) is 23.6. The highest BCUT2D eigenvalue weighted by molar-refractivity contribution is 9.10. The standard InChI is InChI=1S/C30H37BrF3N3O2S/c1-18-12-21-20(9-10-25-22(21)15-35-37(25)26-8-6-7-11-38-26)28(27-23(32)13-19(31)14-24(27)33)36(18)16-30(5,34)17-39-40-29(2,3)4/h9-10,13-15,18,26,28H,6-8,11-12,16-17H2,1-5H3/t18-,26?,28+,30?/m1/s1. The van der Waals surface area contributed by atoms with Crippen LogP contribution in [0, 0.1) is 11.6 Å². The Morgan fingerprint density at radius 2 is 1.88 bits per heavy atom. The molecule has 2 aliphatic rings. The maximum absolute atomic E-state index is 16.0. The van der Waals surface area contributed by atoms with Gasteiger partial charge in [0.1, 0.15) is 17.3 Å². The van der Waals surface area contributed by atoms with Gasteiger partial charge < -0.3 is 8.92 Å². The van der Waals surface area contributed by atoms with Crippen molar-refractivity contribution >= 4 is 38.9 Å². The summed E-state index contributed by atoms with van der Waals surface area (Å²) in [6.45, 7) is 9.97. The highest BCUT2D eigenvalue weighted by Crippen LogP contribution is 2.44. The van der Waals surface area contributed by atoms with Gasteiger partial charge in [-0.1, -0.05) is 22.0 Å². The summed E-state index contributed by atoms with van der Waals surface area (Å²) in [6.07, 6.45) is 5.30. The van der Waals surface area contributed by atoms with Crippen LogP contribution >= 0.6 is 28.0 Å². The Balaban J connectivity index is 1.57. The Morgan fingerprint density at radius 3 is 2.52 bits per heavy atom. The third-order valence-electron chi connectivity index (χ3n) is 7.55. The minimum absolute atomic E-state index is 0.0505. The van der Waals surface area contributed by atoms with E-state index in [9.17, 15) is 0 Å². The smallest absolute Gasteiger partial charge is 0.150 e. The molecule has 0 N–H and O–H groups in total. The fourth-order valence-electron chi connectivity index (χ4n) is 5.81. The number of hydrogen-bond donors (Lipinski definition) is 0. The summed E-state index contributed by atoms with van der Waals surface area (Å²) in [6, 6.07) is 5.38. The second kappa shape index (κ2) is 11.6. The van der Waals surface area contributed by atoms with Crippen LogP contribution in [0.15, 0.2) is 34.9 Å².